The summed E-state index contributed by atoms with van der Waals surface area (Å²) in [7, 11) is -1.70. The van der Waals surface area contributed by atoms with Gasteiger partial charge in [0, 0.05) is 6.42 Å². The molecule has 0 fully saturated rings. The highest BCUT2D eigenvalue weighted by Crippen LogP contribution is 2.72. The number of allylic oxidation sites excluding steroid dienone is 8. The fourth-order valence-electron chi connectivity index (χ4n) is 3.91. The van der Waals surface area contributed by atoms with Crippen molar-refractivity contribution in [3.63, 3.8) is 0 Å². The predicted molar refractivity (Wildman–Crippen MR) is 112 cm³/mol. The summed E-state index contributed by atoms with van der Waals surface area (Å²) in [6.45, 7) is 0. The van der Waals surface area contributed by atoms with Crippen molar-refractivity contribution < 1.29 is 9.90 Å². The molecule has 2 aliphatic carbocycles. The highest BCUT2D eigenvalue weighted by molar-refractivity contribution is 7.90. The summed E-state index contributed by atoms with van der Waals surface area (Å²) in [5.41, 5.74) is 0. The molecule has 3 rings (SSSR count). The Kier molecular flexibility index (Phi) is 6.63. The van der Waals surface area contributed by atoms with Gasteiger partial charge in [-0.2, -0.15) is 0 Å². The molecule has 1 aromatic carbocycles. The van der Waals surface area contributed by atoms with Crippen LogP contribution >= 0.6 is 7.26 Å². The average molecular weight is 367 g/mol. The third-order valence-electron chi connectivity index (χ3n) is 5.16. The van der Waals surface area contributed by atoms with E-state index >= 15 is 0 Å². The lowest BCUT2D eigenvalue weighted by molar-refractivity contribution is -0.137. The van der Waals surface area contributed by atoms with E-state index in [0.29, 0.717) is 0 Å². The lowest BCUT2D eigenvalue weighted by atomic mass is 10.2. The molecule has 0 saturated heterocycles. The van der Waals surface area contributed by atoms with Crippen LogP contribution in [0, 0.1) is 0 Å². The minimum absolute atomic E-state index is 0.262. The number of rotatable bonds is 8. The smallest absolute Gasteiger partial charge is 0.303 e. The normalized spacial score (nSPS) is 16.9. The third kappa shape index (κ3) is 4.24. The van der Waals surface area contributed by atoms with E-state index in [9.17, 15) is 4.79 Å². The number of carbonyl (C=O) groups is 1. The van der Waals surface area contributed by atoms with Crippen LogP contribution in [-0.2, 0) is 4.79 Å². The number of carboxylic acid groups (broad SMARTS) is 1. The summed E-state index contributed by atoms with van der Waals surface area (Å²) in [4.78, 5) is 11.0. The van der Waals surface area contributed by atoms with Gasteiger partial charge in [0.25, 0.3) is 0 Å². The van der Waals surface area contributed by atoms with Crippen LogP contribution in [0.1, 0.15) is 44.9 Å². The van der Waals surface area contributed by atoms with Gasteiger partial charge in [0.2, 0.25) is 0 Å². The molecule has 0 saturated carbocycles. The number of benzene rings is 1. The standard InChI is InChI=1S/C23H27O2P/c24-23(25)18-10-11-19-26(20-12-4-1-5-13-20,21-14-6-2-7-15-21)22-16-8-3-9-17-22/h1,4-6,8,12-17H,2-3,7,9-11,18-19H2/p+1. The Hall–Kier alpha value is -1.92. The van der Waals surface area contributed by atoms with Gasteiger partial charge in [-0.1, -0.05) is 30.4 Å². The van der Waals surface area contributed by atoms with Crippen LogP contribution in [0.5, 0.6) is 0 Å². The Morgan fingerprint density at radius 1 is 0.885 bits per heavy atom. The summed E-state index contributed by atoms with van der Waals surface area (Å²) >= 11 is 0. The van der Waals surface area contributed by atoms with Crippen molar-refractivity contribution in [2.75, 3.05) is 6.16 Å². The Labute approximate surface area is 157 Å². The van der Waals surface area contributed by atoms with Crippen LogP contribution in [0.3, 0.4) is 0 Å². The lowest BCUT2D eigenvalue weighted by Gasteiger charge is -2.31. The summed E-state index contributed by atoms with van der Waals surface area (Å²) in [6, 6.07) is 10.9. The molecule has 3 heteroatoms. The molecule has 0 amide bonds. The van der Waals surface area contributed by atoms with Crippen LogP contribution in [-0.4, -0.2) is 17.2 Å². The van der Waals surface area contributed by atoms with Gasteiger partial charge < -0.3 is 5.11 Å². The summed E-state index contributed by atoms with van der Waals surface area (Å²) < 4.78 is 0. The van der Waals surface area contributed by atoms with E-state index in [2.05, 4.69) is 66.8 Å². The molecule has 2 aliphatic rings. The van der Waals surface area contributed by atoms with Crippen molar-refractivity contribution in [3.05, 3.63) is 77.4 Å². The second kappa shape index (κ2) is 9.14. The van der Waals surface area contributed by atoms with Crippen LogP contribution in [0.25, 0.3) is 0 Å². The monoisotopic (exact) mass is 367 g/mol. The van der Waals surface area contributed by atoms with Crippen molar-refractivity contribution in [1.29, 1.82) is 0 Å². The average Bonchev–Trinajstić information content (AvgIpc) is 2.70. The number of aliphatic carboxylic acids is 1. The molecule has 0 bridgehead atoms. The molecule has 1 N–H and O–H groups in total. The lowest BCUT2D eigenvalue weighted by Crippen LogP contribution is -2.18. The van der Waals surface area contributed by atoms with Crippen LogP contribution < -0.4 is 5.30 Å². The minimum Gasteiger partial charge on any atom is -0.481 e. The number of carboxylic acids is 1. The molecular weight excluding hydrogens is 339 g/mol. The zero-order valence-corrected chi connectivity index (χ0v) is 16.2. The van der Waals surface area contributed by atoms with Crippen molar-refractivity contribution in [3.8, 4) is 0 Å². The highest BCUT2D eigenvalue weighted by Gasteiger charge is 2.46. The maximum Gasteiger partial charge on any atom is 0.303 e. The van der Waals surface area contributed by atoms with Gasteiger partial charge in [-0.25, -0.2) is 0 Å². The molecule has 0 radical (unpaired) electrons. The fraction of sp³-hybridized carbons (Fsp3) is 0.348. The molecule has 0 aliphatic heterocycles. The molecule has 136 valence electrons. The van der Waals surface area contributed by atoms with Crippen LogP contribution in [0.4, 0.5) is 0 Å². The van der Waals surface area contributed by atoms with E-state index in [-0.39, 0.29) is 6.42 Å². The maximum absolute atomic E-state index is 11.0. The van der Waals surface area contributed by atoms with Gasteiger partial charge in [-0.3, -0.25) is 4.79 Å². The predicted octanol–water partition coefficient (Wildman–Crippen LogP) is 6.05. The molecule has 0 unspecified atom stereocenters. The Morgan fingerprint density at radius 3 is 2.00 bits per heavy atom. The van der Waals surface area contributed by atoms with Gasteiger partial charge in [0.15, 0.2) is 0 Å². The van der Waals surface area contributed by atoms with Gasteiger partial charge >= 0.3 is 5.97 Å². The van der Waals surface area contributed by atoms with E-state index in [0.717, 1.165) is 44.7 Å². The quantitative estimate of drug-likeness (QED) is 0.448. The summed E-state index contributed by atoms with van der Waals surface area (Å²) in [6.07, 6.45) is 21.6. The van der Waals surface area contributed by atoms with Crippen LogP contribution in [0.15, 0.2) is 77.4 Å². The number of hydrogen-bond donors (Lipinski definition) is 1. The largest absolute Gasteiger partial charge is 0.481 e. The molecule has 2 nitrogen and oxygen atoms in total. The van der Waals surface area contributed by atoms with E-state index < -0.39 is 13.2 Å². The van der Waals surface area contributed by atoms with Crippen LogP contribution in [0.2, 0.25) is 0 Å². The maximum atomic E-state index is 11.0. The first-order valence-electron chi connectivity index (χ1n) is 9.63. The first-order chi connectivity index (χ1) is 12.7. The molecule has 26 heavy (non-hydrogen) atoms. The van der Waals surface area contributed by atoms with E-state index in [1.807, 2.05) is 0 Å². The second-order valence-electron chi connectivity index (χ2n) is 6.94. The van der Waals surface area contributed by atoms with Crippen molar-refractivity contribution in [2.45, 2.75) is 44.9 Å². The SMILES string of the molecule is O=C(O)CCCC[P+](C1=CCCC=C1)(C1=CCCC=C1)c1ccccc1. The summed E-state index contributed by atoms with van der Waals surface area (Å²) in [5, 5.41) is 13.4. The first kappa shape index (κ1) is 18.9. The topological polar surface area (TPSA) is 37.3 Å². The highest BCUT2D eigenvalue weighted by atomic mass is 31.2. The number of unbranched alkanes of at least 4 members (excludes halogenated alkanes) is 1. The van der Waals surface area contributed by atoms with Gasteiger partial charge in [0.1, 0.15) is 23.2 Å². The Morgan fingerprint density at radius 2 is 1.50 bits per heavy atom. The fourth-order valence-corrected chi connectivity index (χ4v) is 8.56. The molecule has 0 atom stereocenters. The van der Waals surface area contributed by atoms with Crippen molar-refractivity contribution in [1.82, 2.24) is 0 Å². The zero-order chi connectivity index (χ0) is 18.2. The zero-order valence-electron chi connectivity index (χ0n) is 15.3. The number of hydrogen-bond acceptors (Lipinski definition) is 1. The van der Waals surface area contributed by atoms with E-state index in [4.69, 9.17) is 5.11 Å². The molecule has 0 aromatic heterocycles. The van der Waals surface area contributed by atoms with Gasteiger partial charge in [0.05, 0.1) is 6.16 Å². The van der Waals surface area contributed by atoms with Gasteiger partial charge in [-0.05, 0) is 75.0 Å². The van der Waals surface area contributed by atoms with E-state index in [1.54, 1.807) is 0 Å². The first-order valence-corrected chi connectivity index (χ1v) is 11.6. The van der Waals surface area contributed by atoms with Crippen molar-refractivity contribution in [2.24, 2.45) is 0 Å². The van der Waals surface area contributed by atoms with Crippen molar-refractivity contribution >= 4 is 18.5 Å². The minimum atomic E-state index is -1.70. The van der Waals surface area contributed by atoms with Gasteiger partial charge in [-0.15, -0.1) is 0 Å². The third-order valence-corrected chi connectivity index (χ3v) is 9.76. The molecule has 0 heterocycles. The van der Waals surface area contributed by atoms with E-state index in [1.165, 1.54) is 15.9 Å². The Balaban J connectivity index is 2.03. The Bertz CT molecular complexity index is 709. The molecule has 0 spiro atoms. The second-order valence-corrected chi connectivity index (χ2v) is 10.6. The molecule has 1 aromatic rings. The summed E-state index contributed by atoms with van der Waals surface area (Å²) in [5.74, 6) is -0.692. The molecular formula is C23H28O2P+.